The Morgan fingerprint density at radius 3 is 2.58 bits per heavy atom. The minimum atomic E-state index is 0.298. The van der Waals surface area contributed by atoms with Crippen LogP contribution < -0.4 is 10.6 Å². The molecule has 0 aromatic carbocycles. The smallest absolute Gasteiger partial charge is 0.191 e. The molecule has 2 fully saturated rings. The topological polar surface area (TPSA) is 64.1 Å². The third-order valence-electron chi connectivity index (χ3n) is 4.43. The second-order valence-electron chi connectivity index (χ2n) is 6.53. The molecular weight excluding hydrogens is 306 g/mol. The van der Waals surface area contributed by atoms with Gasteiger partial charge in [-0.15, -0.1) is 0 Å². The Balaban J connectivity index is 1.49. The summed E-state index contributed by atoms with van der Waals surface area (Å²) in [6.45, 7) is 7.82. The van der Waals surface area contributed by atoms with Gasteiger partial charge in [-0.2, -0.15) is 0 Å². The van der Waals surface area contributed by atoms with E-state index in [9.17, 15) is 0 Å². The van der Waals surface area contributed by atoms with Crippen LogP contribution in [0.2, 0.25) is 0 Å². The Morgan fingerprint density at radius 1 is 1.04 bits per heavy atom. The summed E-state index contributed by atoms with van der Waals surface area (Å²) in [4.78, 5) is 4.61. The predicted molar refractivity (Wildman–Crippen MR) is 96.6 cm³/mol. The number of hydrogen-bond donors (Lipinski definition) is 2. The van der Waals surface area contributed by atoms with E-state index in [1.807, 2.05) is 0 Å². The highest BCUT2D eigenvalue weighted by Crippen LogP contribution is 2.20. The molecule has 0 spiro atoms. The molecule has 1 unspecified atom stereocenters. The van der Waals surface area contributed by atoms with E-state index in [0.29, 0.717) is 12.2 Å². The van der Waals surface area contributed by atoms with E-state index in [0.717, 1.165) is 71.3 Å². The van der Waals surface area contributed by atoms with E-state index in [4.69, 9.17) is 14.2 Å². The number of nitrogens with zero attached hydrogens (tertiary/aromatic N) is 1. The lowest BCUT2D eigenvalue weighted by Gasteiger charge is -2.13. The SMILES string of the molecule is CCNC(=NCCCOC1CCCC1)NCCCOC1CCOC1. The van der Waals surface area contributed by atoms with Crippen molar-refractivity contribution in [2.75, 3.05) is 46.1 Å². The molecule has 1 heterocycles. The summed E-state index contributed by atoms with van der Waals surface area (Å²) in [5.41, 5.74) is 0. The van der Waals surface area contributed by atoms with Gasteiger partial charge >= 0.3 is 0 Å². The van der Waals surface area contributed by atoms with Crippen molar-refractivity contribution in [3.05, 3.63) is 0 Å². The number of aliphatic imine (C=N–C) groups is 1. The summed E-state index contributed by atoms with van der Waals surface area (Å²) >= 11 is 0. The van der Waals surface area contributed by atoms with Crippen molar-refractivity contribution in [1.82, 2.24) is 10.6 Å². The first-order chi connectivity index (χ1) is 11.9. The first-order valence-electron chi connectivity index (χ1n) is 9.71. The summed E-state index contributed by atoms with van der Waals surface area (Å²) in [5, 5.41) is 6.65. The lowest BCUT2D eigenvalue weighted by atomic mass is 10.3. The van der Waals surface area contributed by atoms with Gasteiger partial charge in [0.15, 0.2) is 5.96 Å². The van der Waals surface area contributed by atoms with Crippen LogP contribution in [-0.4, -0.2) is 64.2 Å². The normalized spacial score (nSPS) is 22.2. The van der Waals surface area contributed by atoms with Gasteiger partial charge in [0.1, 0.15) is 0 Å². The zero-order chi connectivity index (χ0) is 16.9. The van der Waals surface area contributed by atoms with E-state index in [-0.39, 0.29) is 0 Å². The maximum Gasteiger partial charge on any atom is 0.191 e. The molecule has 1 atom stereocenters. The van der Waals surface area contributed by atoms with Crippen LogP contribution in [-0.2, 0) is 14.2 Å². The molecule has 2 rings (SSSR count). The van der Waals surface area contributed by atoms with Gasteiger partial charge in [-0.1, -0.05) is 12.8 Å². The van der Waals surface area contributed by atoms with Gasteiger partial charge in [0, 0.05) is 39.5 Å². The van der Waals surface area contributed by atoms with Crippen LogP contribution in [0.25, 0.3) is 0 Å². The number of hydrogen-bond acceptors (Lipinski definition) is 4. The molecule has 140 valence electrons. The van der Waals surface area contributed by atoms with Crippen molar-refractivity contribution in [1.29, 1.82) is 0 Å². The fraction of sp³-hybridized carbons (Fsp3) is 0.944. The van der Waals surface area contributed by atoms with E-state index in [1.165, 1.54) is 25.7 Å². The van der Waals surface area contributed by atoms with Gasteiger partial charge in [0.05, 0.1) is 18.8 Å². The molecule has 6 nitrogen and oxygen atoms in total. The second-order valence-corrected chi connectivity index (χ2v) is 6.53. The molecule has 0 bridgehead atoms. The van der Waals surface area contributed by atoms with Crippen LogP contribution in [0.3, 0.4) is 0 Å². The van der Waals surface area contributed by atoms with Crippen molar-refractivity contribution in [3.8, 4) is 0 Å². The zero-order valence-electron chi connectivity index (χ0n) is 15.2. The summed E-state index contributed by atoms with van der Waals surface area (Å²) < 4.78 is 16.9. The van der Waals surface area contributed by atoms with Crippen molar-refractivity contribution in [3.63, 3.8) is 0 Å². The Labute approximate surface area is 146 Å². The van der Waals surface area contributed by atoms with E-state index < -0.39 is 0 Å². The van der Waals surface area contributed by atoms with Gasteiger partial charge < -0.3 is 24.8 Å². The quantitative estimate of drug-likeness (QED) is 0.342. The first kappa shape index (κ1) is 19.5. The van der Waals surface area contributed by atoms with Crippen LogP contribution in [0.5, 0.6) is 0 Å². The van der Waals surface area contributed by atoms with Crippen molar-refractivity contribution in [2.45, 2.75) is 64.1 Å². The lowest BCUT2D eigenvalue weighted by molar-refractivity contribution is 0.0420. The molecule has 0 aromatic rings. The largest absolute Gasteiger partial charge is 0.379 e. The molecule has 1 aliphatic carbocycles. The highest BCUT2D eigenvalue weighted by atomic mass is 16.5. The molecule has 0 aromatic heterocycles. The second kappa shape index (κ2) is 12.5. The molecule has 6 heteroatoms. The molecular formula is C18H35N3O3. The molecule has 2 aliphatic rings. The number of nitrogens with one attached hydrogen (secondary N) is 2. The van der Waals surface area contributed by atoms with Crippen LogP contribution in [0.15, 0.2) is 4.99 Å². The maximum absolute atomic E-state index is 5.87. The predicted octanol–water partition coefficient (Wildman–Crippen LogP) is 2.09. The van der Waals surface area contributed by atoms with Crippen molar-refractivity contribution in [2.24, 2.45) is 4.99 Å². The molecule has 0 amide bonds. The molecule has 0 radical (unpaired) electrons. The molecule has 2 N–H and O–H groups in total. The van der Waals surface area contributed by atoms with Crippen molar-refractivity contribution < 1.29 is 14.2 Å². The Hall–Kier alpha value is -0.850. The zero-order valence-corrected chi connectivity index (χ0v) is 15.2. The van der Waals surface area contributed by atoms with Crippen LogP contribution in [0.1, 0.15) is 51.9 Å². The van der Waals surface area contributed by atoms with Crippen molar-refractivity contribution >= 4 is 5.96 Å². The number of rotatable bonds is 11. The van der Waals surface area contributed by atoms with E-state index >= 15 is 0 Å². The molecule has 1 aliphatic heterocycles. The standard InChI is InChI=1S/C18H35N3O3/c1-2-19-18(20-10-5-12-23-16-7-3-4-8-16)21-11-6-13-24-17-9-14-22-15-17/h16-17H,2-15H2,1H3,(H2,19,20,21). The third kappa shape index (κ3) is 8.31. The van der Waals surface area contributed by atoms with E-state index in [1.54, 1.807) is 0 Å². The highest BCUT2D eigenvalue weighted by molar-refractivity contribution is 5.79. The fourth-order valence-electron chi connectivity index (χ4n) is 3.08. The van der Waals surface area contributed by atoms with Crippen LogP contribution >= 0.6 is 0 Å². The highest BCUT2D eigenvalue weighted by Gasteiger charge is 2.15. The fourth-order valence-corrected chi connectivity index (χ4v) is 3.08. The van der Waals surface area contributed by atoms with Crippen LogP contribution in [0, 0.1) is 0 Å². The molecule has 1 saturated heterocycles. The Morgan fingerprint density at radius 2 is 1.83 bits per heavy atom. The summed E-state index contributed by atoms with van der Waals surface area (Å²) in [6, 6.07) is 0. The minimum absolute atomic E-state index is 0.298. The maximum atomic E-state index is 5.87. The van der Waals surface area contributed by atoms with Gasteiger partial charge in [-0.05, 0) is 39.0 Å². The van der Waals surface area contributed by atoms with Gasteiger partial charge in [-0.25, -0.2) is 0 Å². The Kier molecular flexibility index (Phi) is 10.1. The summed E-state index contributed by atoms with van der Waals surface area (Å²) in [6.07, 6.45) is 8.93. The Bertz CT molecular complexity index is 340. The first-order valence-corrected chi connectivity index (χ1v) is 9.71. The molecule has 1 saturated carbocycles. The third-order valence-corrected chi connectivity index (χ3v) is 4.43. The molecule has 24 heavy (non-hydrogen) atoms. The number of ether oxygens (including phenoxy) is 3. The van der Waals surface area contributed by atoms with Gasteiger partial charge in [-0.3, -0.25) is 4.99 Å². The minimum Gasteiger partial charge on any atom is -0.379 e. The summed E-state index contributed by atoms with van der Waals surface area (Å²) in [7, 11) is 0. The number of guanidine groups is 1. The lowest BCUT2D eigenvalue weighted by Crippen LogP contribution is -2.38. The van der Waals surface area contributed by atoms with Crippen LogP contribution in [0.4, 0.5) is 0 Å². The summed E-state index contributed by atoms with van der Waals surface area (Å²) in [5.74, 6) is 0.891. The van der Waals surface area contributed by atoms with E-state index in [2.05, 4.69) is 22.5 Å². The average molecular weight is 341 g/mol. The van der Waals surface area contributed by atoms with Gasteiger partial charge in [0.2, 0.25) is 0 Å². The van der Waals surface area contributed by atoms with Gasteiger partial charge in [0.25, 0.3) is 0 Å². The monoisotopic (exact) mass is 341 g/mol. The average Bonchev–Trinajstić information content (AvgIpc) is 3.27.